The standard InChI is InChI=1S/C14H10N2O4/c15-5-3-6-10(9(18)4-5)14(20)12-8(17)2-1-7(16)11(12)13(6)19/h1-4,17-18H,15-16H2. The van der Waals surface area contributed by atoms with Gasteiger partial charge >= 0.3 is 0 Å². The largest absolute Gasteiger partial charge is 0.507 e. The zero-order chi connectivity index (χ0) is 14.6. The predicted molar refractivity (Wildman–Crippen MR) is 71.9 cm³/mol. The van der Waals surface area contributed by atoms with E-state index in [1.807, 2.05) is 0 Å². The number of rotatable bonds is 0. The van der Waals surface area contributed by atoms with Crippen LogP contribution in [0.1, 0.15) is 31.8 Å². The summed E-state index contributed by atoms with van der Waals surface area (Å²) in [6, 6.07) is 5.06. The molecule has 0 aliphatic heterocycles. The third kappa shape index (κ3) is 1.38. The van der Waals surface area contributed by atoms with Crippen molar-refractivity contribution >= 4 is 22.9 Å². The Hall–Kier alpha value is -3.02. The highest BCUT2D eigenvalue weighted by Crippen LogP contribution is 2.39. The minimum Gasteiger partial charge on any atom is -0.507 e. The molecule has 1 aliphatic carbocycles. The van der Waals surface area contributed by atoms with Crippen LogP contribution in [-0.4, -0.2) is 21.8 Å². The number of nitrogens with two attached hydrogens (primary N) is 2. The highest BCUT2D eigenvalue weighted by molar-refractivity contribution is 6.32. The molecule has 6 heteroatoms. The number of phenolic OH excluding ortho intramolecular Hbond substituents is 2. The molecule has 0 unspecified atom stereocenters. The molecule has 0 aromatic heterocycles. The fourth-order valence-corrected chi connectivity index (χ4v) is 2.41. The number of carbonyl (C=O) groups excluding carboxylic acids is 2. The molecule has 0 amide bonds. The first-order valence-corrected chi connectivity index (χ1v) is 5.75. The summed E-state index contributed by atoms with van der Waals surface area (Å²) in [7, 11) is 0. The summed E-state index contributed by atoms with van der Waals surface area (Å²) in [6.07, 6.45) is 0. The van der Waals surface area contributed by atoms with Crippen molar-refractivity contribution in [3.8, 4) is 11.5 Å². The molecule has 0 saturated heterocycles. The van der Waals surface area contributed by atoms with Crippen LogP contribution >= 0.6 is 0 Å². The van der Waals surface area contributed by atoms with Gasteiger partial charge in [0.2, 0.25) is 5.78 Å². The summed E-state index contributed by atoms with van der Waals surface area (Å²) >= 11 is 0. The average molecular weight is 270 g/mol. The number of hydrogen-bond acceptors (Lipinski definition) is 6. The second-order valence-electron chi connectivity index (χ2n) is 4.54. The van der Waals surface area contributed by atoms with Crippen molar-refractivity contribution in [2.75, 3.05) is 11.5 Å². The van der Waals surface area contributed by atoms with Crippen LogP contribution in [0.5, 0.6) is 11.5 Å². The molecule has 2 aromatic carbocycles. The second kappa shape index (κ2) is 3.74. The summed E-state index contributed by atoms with van der Waals surface area (Å²) in [5.74, 6) is -1.96. The Balaban J connectivity index is 2.43. The number of phenols is 2. The van der Waals surface area contributed by atoms with E-state index in [1.54, 1.807) is 0 Å². The Morgan fingerprint density at radius 2 is 1.50 bits per heavy atom. The topological polar surface area (TPSA) is 127 Å². The van der Waals surface area contributed by atoms with E-state index in [4.69, 9.17) is 11.5 Å². The predicted octanol–water partition coefficient (Wildman–Crippen LogP) is 1.04. The van der Waals surface area contributed by atoms with E-state index in [2.05, 4.69) is 0 Å². The van der Waals surface area contributed by atoms with E-state index in [0.29, 0.717) is 0 Å². The van der Waals surface area contributed by atoms with Gasteiger partial charge in [-0.05, 0) is 18.2 Å². The molecule has 20 heavy (non-hydrogen) atoms. The summed E-state index contributed by atoms with van der Waals surface area (Å²) < 4.78 is 0. The Bertz CT molecular complexity index is 796. The minimum atomic E-state index is -0.656. The highest BCUT2D eigenvalue weighted by Gasteiger charge is 2.35. The van der Waals surface area contributed by atoms with Gasteiger partial charge in [0.05, 0.1) is 16.7 Å². The molecule has 100 valence electrons. The Labute approximate surface area is 113 Å². The van der Waals surface area contributed by atoms with Crippen LogP contribution in [0.2, 0.25) is 0 Å². The maximum atomic E-state index is 12.4. The Morgan fingerprint density at radius 1 is 0.800 bits per heavy atom. The lowest BCUT2D eigenvalue weighted by atomic mass is 9.82. The van der Waals surface area contributed by atoms with Crippen molar-refractivity contribution in [1.29, 1.82) is 0 Å². The first-order valence-electron chi connectivity index (χ1n) is 5.75. The molecular formula is C14H10N2O4. The van der Waals surface area contributed by atoms with Crippen molar-refractivity contribution < 1.29 is 19.8 Å². The third-order valence-electron chi connectivity index (χ3n) is 3.28. The van der Waals surface area contributed by atoms with Crippen molar-refractivity contribution in [2.45, 2.75) is 0 Å². The van der Waals surface area contributed by atoms with Gasteiger partial charge in [-0.2, -0.15) is 0 Å². The fourth-order valence-electron chi connectivity index (χ4n) is 2.41. The molecule has 0 heterocycles. The molecule has 0 bridgehead atoms. The molecule has 0 fully saturated rings. The first-order chi connectivity index (χ1) is 9.41. The number of anilines is 2. The molecule has 3 rings (SSSR count). The average Bonchev–Trinajstić information content (AvgIpc) is 2.37. The molecule has 0 spiro atoms. The highest BCUT2D eigenvalue weighted by atomic mass is 16.3. The van der Waals surface area contributed by atoms with Crippen LogP contribution < -0.4 is 11.5 Å². The summed E-state index contributed by atoms with van der Waals surface area (Å²) in [6.45, 7) is 0. The molecule has 0 atom stereocenters. The van der Waals surface area contributed by atoms with Crippen LogP contribution in [0.15, 0.2) is 24.3 Å². The normalized spacial score (nSPS) is 13.0. The van der Waals surface area contributed by atoms with Gasteiger partial charge in [-0.3, -0.25) is 9.59 Å². The number of hydrogen-bond donors (Lipinski definition) is 4. The monoisotopic (exact) mass is 270 g/mol. The third-order valence-corrected chi connectivity index (χ3v) is 3.28. The van der Waals surface area contributed by atoms with E-state index in [0.717, 1.165) is 0 Å². The van der Waals surface area contributed by atoms with E-state index >= 15 is 0 Å². The fraction of sp³-hybridized carbons (Fsp3) is 0. The molecular weight excluding hydrogens is 260 g/mol. The van der Waals surface area contributed by atoms with Crippen LogP contribution in [0.25, 0.3) is 0 Å². The molecule has 1 aliphatic rings. The van der Waals surface area contributed by atoms with Crippen molar-refractivity contribution in [2.24, 2.45) is 0 Å². The number of ketones is 2. The van der Waals surface area contributed by atoms with Crippen molar-refractivity contribution in [1.82, 2.24) is 0 Å². The first kappa shape index (κ1) is 12.0. The number of fused-ring (bicyclic) bond motifs is 2. The van der Waals surface area contributed by atoms with Gasteiger partial charge in [-0.25, -0.2) is 0 Å². The van der Waals surface area contributed by atoms with Gasteiger partial charge in [0.15, 0.2) is 5.78 Å². The molecule has 2 aromatic rings. The molecule has 0 radical (unpaired) electrons. The smallest absolute Gasteiger partial charge is 0.202 e. The van der Waals surface area contributed by atoms with Gasteiger partial charge < -0.3 is 21.7 Å². The lowest BCUT2D eigenvalue weighted by Crippen LogP contribution is -2.23. The lowest BCUT2D eigenvalue weighted by Gasteiger charge is -2.20. The number of benzene rings is 2. The zero-order valence-corrected chi connectivity index (χ0v) is 10.2. The van der Waals surface area contributed by atoms with Crippen molar-refractivity contribution in [3.05, 3.63) is 46.5 Å². The van der Waals surface area contributed by atoms with Gasteiger partial charge in [0.1, 0.15) is 11.5 Å². The maximum absolute atomic E-state index is 12.4. The van der Waals surface area contributed by atoms with Crippen LogP contribution in [0.4, 0.5) is 11.4 Å². The van der Waals surface area contributed by atoms with Gasteiger partial charge in [0, 0.05) is 23.0 Å². The van der Waals surface area contributed by atoms with E-state index in [1.165, 1.54) is 24.3 Å². The Kier molecular flexibility index (Phi) is 2.25. The Morgan fingerprint density at radius 3 is 2.20 bits per heavy atom. The minimum absolute atomic E-state index is 0.0164. The van der Waals surface area contributed by atoms with E-state index < -0.39 is 17.3 Å². The maximum Gasteiger partial charge on any atom is 0.202 e. The van der Waals surface area contributed by atoms with Crippen LogP contribution in [0.3, 0.4) is 0 Å². The molecule has 0 saturated carbocycles. The number of aromatic hydroxyl groups is 2. The van der Waals surface area contributed by atoms with Crippen LogP contribution in [0, 0.1) is 0 Å². The molecule has 6 N–H and O–H groups in total. The van der Waals surface area contributed by atoms with Gasteiger partial charge in [0.25, 0.3) is 0 Å². The zero-order valence-electron chi connectivity index (χ0n) is 10.2. The second-order valence-corrected chi connectivity index (χ2v) is 4.54. The van der Waals surface area contributed by atoms with Crippen LogP contribution in [-0.2, 0) is 0 Å². The summed E-state index contributed by atoms with van der Waals surface area (Å²) in [5.41, 5.74) is 11.1. The SMILES string of the molecule is Nc1cc(O)c2c(c1)C(=O)c1c(N)ccc(O)c1C2=O. The van der Waals surface area contributed by atoms with Crippen molar-refractivity contribution in [3.63, 3.8) is 0 Å². The van der Waals surface area contributed by atoms with Gasteiger partial charge in [-0.1, -0.05) is 0 Å². The summed E-state index contributed by atoms with van der Waals surface area (Å²) in [4.78, 5) is 24.8. The number of nitrogen functional groups attached to an aromatic ring is 2. The van der Waals surface area contributed by atoms with Gasteiger partial charge in [-0.15, -0.1) is 0 Å². The van der Waals surface area contributed by atoms with E-state index in [9.17, 15) is 19.8 Å². The number of carbonyl (C=O) groups is 2. The quantitative estimate of drug-likeness (QED) is 0.357. The summed E-state index contributed by atoms with van der Waals surface area (Å²) in [5, 5.41) is 19.7. The molecule has 6 nitrogen and oxygen atoms in total. The van der Waals surface area contributed by atoms with E-state index in [-0.39, 0.29) is 39.4 Å². The lowest BCUT2D eigenvalue weighted by molar-refractivity contribution is 0.0975.